The number of nitrogens with zero attached hydrogens (tertiary/aromatic N) is 1. The van der Waals surface area contributed by atoms with Gasteiger partial charge in [-0.2, -0.15) is 13.2 Å². The molecule has 0 radical (unpaired) electrons. The molecule has 136 valence electrons. The van der Waals surface area contributed by atoms with E-state index in [0.29, 0.717) is 18.4 Å². The zero-order valence-electron chi connectivity index (χ0n) is 13.6. The number of halogens is 3. The Balaban J connectivity index is 1.78. The number of carbonyl (C=O) groups is 2. The van der Waals surface area contributed by atoms with Gasteiger partial charge < -0.3 is 10.0 Å². The van der Waals surface area contributed by atoms with Crippen LogP contribution >= 0.6 is 0 Å². The largest absolute Gasteiger partial charge is 0.481 e. The van der Waals surface area contributed by atoms with Crippen LogP contribution in [-0.2, 0) is 16.1 Å². The van der Waals surface area contributed by atoms with Crippen LogP contribution in [0.5, 0.6) is 0 Å². The van der Waals surface area contributed by atoms with Crippen molar-refractivity contribution in [2.24, 2.45) is 11.8 Å². The number of hydrogen-bond acceptors (Lipinski definition) is 2. The number of amides is 1. The van der Waals surface area contributed by atoms with Crippen LogP contribution in [0.3, 0.4) is 0 Å². The molecule has 1 aromatic carbocycles. The zero-order valence-corrected chi connectivity index (χ0v) is 13.6. The first-order valence-electron chi connectivity index (χ1n) is 8.43. The zero-order chi connectivity index (χ0) is 18.2. The molecular formula is C18H20F3NO3. The standard InChI is InChI=1S/C18H20F3NO3/c19-18(20,21)13-6-3-5-11(8-13)16(23)22-9-12-4-1-2-7-14(12)15(10-22)17(24)25/h1-2,4,7,11,13,15H,3,5-6,8-10H2,(H,24,25). The van der Waals surface area contributed by atoms with Crippen LogP contribution in [0, 0.1) is 11.8 Å². The Labute approximate surface area is 143 Å². The fraction of sp³-hybridized carbons (Fsp3) is 0.556. The number of aliphatic carboxylic acids is 1. The molecule has 1 N–H and O–H groups in total. The quantitative estimate of drug-likeness (QED) is 0.882. The summed E-state index contributed by atoms with van der Waals surface area (Å²) in [6.45, 7) is 0.268. The first-order valence-corrected chi connectivity index (χ1v) is 8.43. The summed E-state index contributed by atoms with van der Waals surface area (Å²) >= 11 is 0. The van der Waals surface area contributed by atoms with Gasteiger partial charge in [0.1, 0.15) is 0 Å². The Hall–Kier alpha value is -2.05. The number of hydrogen-bond donors (Lipinski definition) is 1. The van der Waals surface area contributed by atoms with E-state index in [2.05, 4.69) is 0 Å². The number of carboxylic acids is 1. The summed E-state index contributed by atoms with van der Waals surface area (Å²) in [6, 6.07) is 7.02. The third-order valence-corrected chi connectivity index (χ3v) is 5.29. The monoisotopic (exact) mass is 355 g/mol. The Morgan fingerprint density at radius 2 is 1.88 bits per heavy atom. The molecule has 7 heteroatoms. The minimum atomic E-state index is -4.28. The average molecular weight is 355 g/mol. The van der Waals surface area contributed by atoms with E-state index in [1.165, 1.54) is 4.90 Å². The van der Waals surface area contributed by atoms with Gasteiger partial charge in [-0.3, -0.25) is 9.59 Å². The molecule has 1 heterocycles. The van der Waals surface area contributed by atoms with Gasteiger partial charge in [-0.1, -0.05) is 30.7 Å². The van der Waals surface area contributed by atoms with Gasteiger partial charge in [0.25, 0.3) is 0 Å². The molecule has 2 aliphatic rings. The molecule has 1 saturated carbocycles. The van der Waals surface area contributed by atoms with Gasteiger partial charge in [-0.05, 0) is 30.4 Å². The predicted octanol–water partition coefficient (Wildman–Crippen LogP) is 3.57. The second kappa shape index (κ2) is 6.69. The van der Waals surface area contributed by atoms with Crippen molar-refractivity contribution in [2.75, 3.05) is 6.54 Å². The van der Waals surface area contributed by atoms with E-state index < -0.39 is 29.9 Å². The highest BCUT2D eigenvalue weighted by Gasteiger charge is 2.45. The maximum atomic E-state index is 13.0. The summed E-state index contributed by atoms with van der Waals surface area (Å²) in [5, 5.41) is 9.46. The van der Waals surface area contributed by atoms with Crippen LogP contribution in [0.1, 0.15) is 42.7 Å². The fourth-order valence-electron chi connectivity index (χ4n) is 3.96. The molecule has 3 atom stereocenters. The number of alkyl halides is 3. The topological polar surface area (TPSA) is 57.6 Å². The lowest BCUT2D eigenvalue weighted by molar-refractivity contribution is -0.187. The molecule has 1 aromatic rings. The van der Waals surface area contributed by atoms with Crippen molar-refractivity contribution >= 4 is 11.9 Å². The molecule has 3 unspecified atom stereocenters. The first kappa shape index (κ1) is 17.8. The summed E-state index contributed by atoms with van der Waals surface area (Å²) in [5.74, 6) is -4.34. The lowest BCUT2D eigenvalue weighted by Crippen LogP contribution is -2.45. The molecule has 1 fully saturated rings. The van der Waals surface area contributed by atoms with Crippen LogP contribution in [0.4, 0.5) is 13.2 Å². The van der Waals surface area contributed by atoms with Gasteiger partial charge >= 0.3 is 12.1 Å². The average Bonchev–Trinajstić information content (AvgIpc) is 2.59. The smallest absolute Gasteiger partial charge is 0.391 e. The maximum Gasteiger partial charge on any atom is 0.391 e. The Morgan fingerprint density at radius 1 is 1.16 bits per heavy atom. The van der Waals surface area contributed by atoms with Crippen molar-refractivity contribution in [3.05, 3.63) is 35.4 Å². The SMILES string of the molecule is O=C(O)C1CN(C(=O)C2CCCC(C(F)(F)F)C2)Cc2ccccc21. The summed E-state index contributed by atoms with van der Waals surface area (Å²) in [6.07, 6.45) is -3.61. The Kier molecular flexibility index (Phi) is 4.75. The Bertz CT molecular complexity index is 674. The third-order valence-electron chi connectivity index (χ3n) is 5.29. The molecule has 3 rings (SSSR count). The fourth-order valence-corrected chi connectivity index (χ4v) is 3.96. The minimum Gasteiger partial charge on any atom is -0.481 e. The van der Waals surface area contributed by atoms with E-state index in [4.69, 9.17) is 0 Å². The predicted molar refractivity (Wildman–Crippen MR) is 83.7 cm³/mol. The van der Waals surface area contributed by atoms with E-state index in [1.54, 1.807) is 24.3 Å². The molecule has 1 amide bonds. The van der Waals surface area contributed by atoms with Crippen LogP contribution in [0.2, 0.25) is 0 Å². The van der Waals surface area contributed by atoms with Gasteiger partial charge in [0.05, 0.1) is 11.8 Å². The molecule has 25 heavy (non-hydrogen) atoms. The maximum absolute atomic E-state index is 13.0. The van der Waals surface area contributed by atoms with Crippen molar-refractivity contribution in [3.8, 4) is 0 Å². The van der Waals surface area contributed by atoms with Crippen molar-refractivity contribution in [1.29, 1.82) is 0 Å². The van der Waals surface area contributed by atoms with Crippen molar-refractivity contribution < 1.29 is 27.9 Å². The lowest BCUT2D eigenvalue weighted by Gasteiger charge is -2.37. The molecule has 0 bridgehead atoms. The number of carboxylic acid groups (broad SMARTS) is 1. The highest BCUT2D eigenvalue weighted by Crippen LogP contribution is 2.41. The van der Waals surface area contributed by atoms with Crippen LogP contribution in [0.25, 0.3) is 0 Å². The number of fused-ring (bicyclic) bond motifs is 1. The second-order valence-corrected chi connectivity index (χ2v) is 6.91. The van der Waals surface area contributed by atoms with Gasteiger partial charge in [0.15, 0.2) is 0 Å². The van der Waals surface area contributed by atoms with Crippen molar-refractivity contribution in [2.45, 2.75) is 44.3 Å². The van der Waals surface area contributed by atoms with E-state index in [-0.39, 0.29) is 31.8 Å². The van der Waals surface area contributed by atoms with E-state index in [9.17, 15) is 27.9 Å². The molecule has 0 aromatic heterocycles. The minimum absolute atomic E-state index is 0.0123. The van der Waals surface area contributed by atoms with E-state index >= 15 is 0 Å². The molecular weight excluding hydrogens is 335 g/mol. The van der Waals surface area contributed by atoms with E-state index in [1.807, 2.05) is 0 Å². The van der Waals surface area contributed by atoms with Gasteiger partial charge in [-0.25, -0.2) is 0 Å². The van der Waals surface area contributed by atoms with Gasteiger partial charge in [0, 0.05) is 19.0 Å². The third kappa shape index (κ3) is 3.65. The summed E-state index contributed by atoms with van der Waals surface area (Å²) in [4.78, 5) is 25.7. The van der Waals surface area contributed by atoms with Gasteiger partial charge in [-0.15, -0.1) is 0 Å². The first-order chi connectivity index (χ1) is 11.8. The number of rotatable bonds is 2. The highest BCUT2D eigenvalue weighted by molar-refractivity contribution is 5.83. The molecule has 0 spiro atoms. The summed E-state index contributed by atoms with van der Waals surface area (Å²) < 4.78 is 38.9. The van der Waals surface area contributed by atoms with Crippen molar-refractivity contribution in [1.82, 2.24) is 4.90 Å². The molecule has 4 nitrogen and oxygen atoms in total. The summed E-state index contributed by atoms with van der Waals surface area (Å²) in [5.41, 5.74) is 1.42. The van der Waals surface area contributed by atoms with Gasteiger partial charge in [0.2, 0.25) is 5.91 Å². The second-order valence-electron chi connectivity index (χ2n) is 6.91. The number of benzene rings is 1. The summed E-state index contributed by atoms with van der Waals surface area (Å²) in [7, 11) is 0. The van der Waals surface area contributed by atoms with Crippen LogP contribution in [-0.4, -0.2) is 34.6 Å². The molecule has 0 saturated heterocycles. The van der Waals surface area contributed by atoms with E-state index in [0.717, 1.165) is 5.56 Å². The number of carbonyl (C=O) groups excluding carboxylic acids is 1. The molecule has 1 aliphatic heterocycles. The van der Waals surface area contributed by atoms with Crippen LogP contribution < -0.4 is 0 Å². The lowest BCUT2D eigenvalue weighted by atomic mass is 9.79. The highest BCUT2D eigenvalue weighted by atomic mass is 19.4. The Morgan fingerprint density at radius 3 is 2.56 bits per heavy atom. The molecule has 1 aliphatic carbocycles. The van der Waals surface area contributed by atoms with Crippen LogP contribution in [0.15, 0.2) is 24.3 Å². The van der Waals surface area contributed by atoms with Crippen molar-refractivity contribution in [3.63, 3.8) is 0 Å². The normalized spacial score (nSPS) is 26.8.